The van der Waals surface area contributed by atoms with Crippen LogP contribution < -0.4 is 5.32 Å². The Morgan fingerprint density at radius 3 is 3.06 bits per heavy atom. The second kappa shape index (κ2) is 5.06. The van der Waals surface area contributed by atoms with E-state index in [1.807, 2.05) is 4.90 Å². The first-order chi connectivity index (χ1) is 8.81. The number of nitrogens with one attached hydrogen (secondary N) is 1. The molecule has 2 fully saturated rings. The highest BCUT2D eigenvalue weighted by atomic mass is 16.2. The van der Waals surface area contributed by atoms with Crippen LogP contribution in [0, 0.1) is 0 Å². The summed E-state index contributed by atoms with van der Waals surface area (Å²) in [6.07, 6.45) is 7.51. The lowest BCUT2D eigenvalue weighted by molar-refractivity contribution is -0.131. The lowest BCUT2D eigenvalue weighted by Gasteiger charge is -2.24. The Bertz CT molecular complexity index is 405. The Kier molecular flexibility index (Phi) is 3.27. The van der Waals surface area contributed by atoms with Crippen LogP contribution in [-0.2, 0) is 11.3 Å². The molecule has 0 aliphatic carbocycles. The Hall–Kier alpha value is -1.43. The van der Waals surface area contributed by atoms with Crippen molar-refractivity contribution in [3.63, 3.8) is 0 Å². The van der Waals surface area contributed by atoms with Gasteiger partial charge in [-0.15, -0.1) is 5.10 Å². The molecule has 1 amide bonds. The fraction of sp³-hybridized carbons (Fsp3) is 0.750. The van der Waals surface area contributed by atoms with Crippen LogP contribution in [0.3, 0.4) is 0 Å². The topological polar surface area (TPSA) is 63.1 Å². The molecule has 2 aliphatic heterocycles. The second-order valence-corrected chi connectivity index (χ2v) is 5.18. The molecule has 3 heterocycles. The third-order valence-corrected chi connectivity index (χ3v) is 3.90. The largest absolute Gasteiger partial charge is 0.341 e. The van der Waals surface area contributed by atoms with Gasteiger partial charge in [0.15, 0.2) is 0 Å². The second-order valence-electron chi connectivity index (χ2n) is 5.18. The molecule has 0 spiro atoms. The number of hydrogen-bond donors (Lipinski definition) is 1. The van der Waals surface area contributed by atoms with E-state index in [2.05, 4.69) is 15.6 Å². The monoisotopic (exact) mass is 249 g/mol. The van der Waals surface area contributed by atoms with E-state index in [4.69, 9.17) is 0 Å². The molecule has 18 heavy (non-hydrogen) atoms. The maximum absolute atomic E-state index is 12.2. The van der Waals surface area contributed by atoms with E-state index in [1.54, 1.807) is 17.1 Å². The van der Waals surface area contributed by atoms with Crippen LogP contribution in [0.4, 0.5) is 0 Å². The number of likely N-dealkylation sites (tertiary alicyclic amines) is 1. The predicted octanol–water partition coefficient (Wildman–Crippen LogP) is 0.0211. The number of nitrogens with zero attached hydrogens (tertiary/aromatic N) is 4. The van der Waals surface area contributed by atoms with Crippen molar-refractivity contribution in [2.24, 2.45) is 0 Å². The van der Waals surface area contributed by atoms with Crippen molar-refractivity contribution in [3.8, 4) is 0 Å². The zero-order chi connectivity index (χ0) is 12.4. The number of aryl methyl sites for hydroxylation is 1. The quantitative estimate of drug-likeness (QED) is 0.820. The van der Waals surface area contributed by atoms with Crippen LogP contribution in [0.15, 0.2) is 12.4 Å². The van der Waals surface area contributed by atoms with Crippen molar-refractivity contribution in [3.05, 3.63) is 12.4 Å². The number of aromatic nitrogens is 3. The van der Waals surface area contributed by atoms with E-state index >= 15 is 0 Å². The van der Waals surface area contributed by atoms with Gasteiger partial charge in [-0.1, -0.05) is 5.21 Å². The van der Waals surface area contributed by atoms with Crippen LogP contribution in [0.25, 0.3) is 0 Å². The third-order valence-electron chi connectivity index (χ3n) is 3.90. The fourth-order valence-electron chi connectivity index (χ4n) is 2.89. The van der Waals surface area contributed by atoms with Gasteiger partial charge >= 0.3 is 0 Å². The van der Waals surface area contributed by atoms with Crippen LogP contribution >= 0.6 is 0 Å². The summed E-state index contributed by atoms with van der Waals surface area (Å²) < 4.78 is 1.71. The summed E-state index contributed by atoms with van der Waals surface area (Å²) in [6.45, 7) is 2.38. The van der Waals surface area contributed by atoms with Crippen molar-refractivity contribution in [2.45, 2.75) is 44.3 Å². The van der Waals surface area contributed by atoms with Crippen LogP contribution in [0.1, 0.15) is 25.7 Å². The van der Waals surface area contributed by atoms with Crippen LogP contribution in [0.2, 0.25) is 0 Å². The molecule has 2 unspecified atom stereocenters. The van der Waals surface area contributed by atoms with E-state index in [9.17, 15) is 4.79 Å². The average molecular weight is 249 g/mol. The first kappa shape index (κ1) is 11.6. The summed E-state index contributed by atoms with van der Waals surface area (Å²) in [6, 6.07) is 1.14. The van der Waals surface area contributed by atoms with Gasteiger partial charge in [-0.25, -0.2) is 0 Å². The smallest absolute Gasteiger partial charge is 0.224 e. The minimum atomic E-state index is 0.236. The maximum atomic E-state index is 12.2. The first-order valence-corrected chi connectivity index (χ1v) is 6.69. The van der Waals surface area contributed by atoms with Gasteiger partial charge in [-0.3, -0.25) is 9.48 Å². The number of rotatable bonds is 3. The molecule has 98 valence electrons. The highest BCUT2D eigenvalue weighted by Gasteiger charge is 2.30. The Balaban J connectivity index is 1.52. The van der Waals surface area contributed by atoms with Gasteiger partial charge in [0.2, 0.25) is 5.91 Å². The maximum Gasteiger partial charge on any atom is 0.224 e. The molecular formula is C12H19N5O. The molecule has 2 atom stereocenters. The molecule has 2 saturated heterocycles. The average Bonchev–Trinajstić information content (AvgIpc) is 2.96. The van der Waals surface area contributed by atoms with Gasteiger partial charge in [0.05, 0.1) is 12.7 Å². The fourth-order valence-corrected chi connectivity index (χ4v) is 2.89. The summed E-state index contributed by atoms with van der Waals surface area (Å²) in [7, 11) is 0. The van der Waals surface area contributed by atoms with Gasteiger partial charge in [0.1, 0.15) is 0 Å². The molecule has 1 N–H and O–H groups in total. The molecule has 2 aliphatic rings. The van der Waals surface area contributed by atoms with Crippen molar-refractivity contribution in [1.29, 1.82) is 0 Å². The van der Waals surface area contributed by atoms with E-state index in [0.29, 0.717) is 25.0 Å². The van der Waals surface area contributed by atoms with Gasteiger partial charge in [-0.05, 0) is 19.3 Å². The van der Waals surface area contributed by atoms with Gasteiger partial charge in [0, 0.05) is 37.8 Å². The summed E-state index contributed by atoms with van der Waals surface area (Å²) in [5, 5.41) is 11.2. The Morgan fingerprint density at radius 2 is 2.22 bits per heavy atom. The van der Waals surface area contributed by atoms with Crippen molar-refractivity contribution < 1.29 is 4.79 Å². The van der Waals surface area contributed by atoms with E-state index in [-0.39, 0.29) is 5.91 Å². The molecule has 1 aromatic rings. The Labute approximate surface area is 106 Å². The molecule has 2 bridgehead atoms. The molecule has 1 aromatic heterocycles. The van der Waals surface area contributed by atoms with Gasteiger partial charge in [-0.2, -0.15) is 0 Å². The van der Waals surface area contributed by atoms with Crippen molar-refractivity contribution in [1.82, 2.24) is 25.2 Å². The van der Waals surface area contributed by atoms with Gasteiger partial charge < -0.3 is 10.2 Å². The number of amides is 1. The molecule has 0 radical (unpaired) electrons. The third kappa shape index (κ3) is 2.53. The number of carbonyl (C=O) groups is 1. The highest BCUT2D eigenvalue weighted by molar-refractivity contribution is 5.76. The number of fused-ring (bicyclic) bond motifs is 2. The van der Waals surface area contributed by atoms with E-state index in [1.165, 1.54) is 12.8 Å². The molecule has 6 nitrogen and oxygen atoms in total. The summed E-state index contributed by atoms with van der Waals surface area (Å²) in [5.74, 6) is 0.236. The van der Waals surface area contributed by atoms with Gasteiger partial charge in [0.25, 0.3) is 0 Å². The minimum absolute atomic E-state index is 0.236. The molecular weight excluding hydrogens is 230 g/mol. The van der Waals surface area contributed by atoms with E-state index < -0.39 is 0 Å². The molecule has 0 aromatic carbocycles. The zero-order valence-electron chi connectivity index (χ0n) is 10.5. The van der Waals surface area contributed by atoms with Crippen LogP contribution in [0.5, 0.6) is 0 Å². The first-order valence-electron chi connectivity index (χ1n) is 6.69. The number of carbonyl (C=O) groups excluding carboxylic acids is 1. The summed E-state index contributed by atoms with van der Waals surface area (Å²) in [4.78, 5) is 14.2. The normalized spacial score (nSPS) is 27.2. The molecule has 0 saturated carbocycles. The highest BCUT2D eigenvalue weighted by Crippen LogP contribution is 2.20. The van der Waals surface area contributed by atoms with Crippen LogP contribution in [-0.4, -0.2) is 51.0 Å². The number of hydrogen-bond acceptors (Lipinski definition) is 4. The minimum Gasteiger partial charge on any atom is -0.341 e. The molecule has 6 heteroatoms. The summed E-state index contributed by atoms with van der Waals surface area (Å²) in [5.41, 5.74) is 0. The standard InChI is InChI=1S/C12H19N5O/c18-12(4-7-17-8-5-13-15-17)16-6-3-10-1-2-11(9-16)14-10/h5,8,10-11,14H,1-4,6-7,9H2. The van der Waals surface area contributed by atoms with E-state index in [0.717, 1.165) is 19.5 Å². The summed E-state index contributed by atoms with van der Waals surface area (Å²) >= 11 is 0. The van der Waals surface area contributed by atoms with Crippen molar-refractivity contribution in [2.75, 3.05) is 13.1 Å². The molecule has 3 rings (SSSR count). The SMILES string of the molecule is O=C(CCn1ccnn1)N1CCC2CCC(C1)N2. The predicted molar refractivity (Wildman–Crippen MR) is 65.8 cm³/mol. The van der Waals surface area contributed by atoms with Crippen molar-refractivity contribution >= 4 is 5.91 Å². The lowest BCUT2D eigenvalue weighted by Crippen LogP contribution is -2.39. The lowest BCUT2D eigenvalue weighted by atomic mass is 10.1. The zero-order valence-corrected chi connectivity index (χ0v) is 10.5. The Morgan fingerprint density at radius 1 is 1.33 bits per heavy atom.